The Morgan fingerprint density at radius 2 is 2.23 bits per heavy atom. The molecule has 2 aromatic rings. The topological polar surface area (TPSA) is 38.1 Å². The van der Waals surface area contributed by atoms with Crippen molar-refractivity contribution in [2.45, 2.75) is 31.7 Å². The lowest BCUT2D eigenvalue weighted by Crippen LogP contribution is -2.28. The first kappa shape index (κ1) is 15.1. The van der Waals surface area contributed by atoms with Crippen molar-refractivity contribution >= 4 is 17.5 Å². The summed E-state index contributed by atoms with van der Waals surface area (Å²) in [6.07, 6.45) is 7.91. The van der Waals surface area contributed by atoms with Gasteiger partial charge in [-0.1, -0.05) is 29.8 Å². The van der Waals surface area contributed by atoms with Gasteiger partial charge in [-0.15, -0.1) is 0 Å². The van der Waals surface area contributed by atoms with E-state index in [1.54, 1.807) is 12.5 Å². The van der Waals surface area contributed by atoms with Gasteiger partial charge in [0.2, 0.25) is 5.91 Å². The van der Waals surface area contributed by atoms with Crippen LogP contribution in [0.2, 0.25) is 5.02 Å². The monoisotopic (exact) mass is 317 g/mol. The third kappa shape index (κ3) is 3.50. The number of amides is 1. The zero-order valence-electron chi connectivity index (χ0n) is 12.5. The average molecular weight is 318 g/mol. The summed E-state index contributed by atoms with van der Waals surface area (Å²) in [5, 5.41) is 0.807. The van der Waals surface area contributed by atoms with E-state index in [1.165, 1.54) is 0 Å². The van der Waals surface area contributed by atoms with E-state index in [0.717, 1.165) is 43.1 Å². The Balaban J connectivity index is 1.49. The van der Waals surface area contributed by atoms with Crippen LogP contribution in [0, 0.1) is 0 Å². The van der Waals surface area contributed by atoms with Crippen LogP contribution in [0.1, 0.15) is 30.7 Å². The highest BCUT2D eigenvalue weighted by Gasteiger charge is 2.27. The summed E-state index contributed by atoms with van der Waals surface area (Å²) < 4.78 is 2.00. The fourth-order valence-corrected chi connectivity index (χ4v) is 3.33. The summed E-state index contributed by atoms with van der Waals surface area (Å²) in [6, 6.07) is 7.95. The maximum Gasteiger partial charge on any atom is 0.222 e. The number of halogens is 1. The molecule has 1 fully saturated rings. The number of aromatic nitrogens is 2. The summed E-state index contributed by atoms with van der Waals surface area (Å²) in [6.45, 7) is 2.46. The van der Waals surface area contributed by atoms with Gasteiger partial charge in [0.15, 0.2) is 0 Å². The van der Waals surface area contributed by atoms with Crippen LogP contribution >= 0.6 is 11.6 Å². The molecule has 0 bridgehead atoms. The number of benzene rings is 1. The number of carbonyl (C=O) groups is 1. The number of hydrogen-bond acceptors (Lipinski definition) is 2. The normalized spacial score (nSPS) is 17.9. The van der Waals surface area contributed by atoms with Crippen LogP contribution in [0.5, 0.6) is 0 Å². The molecule has 0 aliphatic carbocycles. The van der Waals surface area contributed by atoms with Gasteiger partial charge in [0, 0.05) is 49.4 Å². The second kappa shape index (κ2) is 6.97. The van der Waals surface area contributed by atoms with E-state index >= 15 is 0 Å². The van der Waals surface area contributed by atoms with Gasteiger partial charge < -0.3 is 9.47 Å². The smallest absolute Gasteiger partial charge is 0.222 e. The third-order valence-corrected chi connectivity index (χ3v) is 4.60. The summed E-state index contributed by atoms with van der Waals surface area (Å²) in [4.78, 5) is 18.3. The van der Waals surface area contributed by atoms with Crippen molar-refractivity contribution in [2.75, 3.05) is 13.1 Å². The van der Waals surface area contributed by atoms with E-state index in [9.17, 15) is 4.79 Å². The largest absolute Gasteiger partial charge is 0.342 e. The lowest BCUT2D eigenvalue weighted by molar-refractivity contribution is -0.130. The number of aryl methyl sites for hydroxylation is 1. The van der Waals surface area contributed by atoms with Crippen LogP contribution in [0.25, 0.3) is 0 Å². The molecule has 0 N–H and O–H groups in total. The van der Waals surface area contributed by atoms with E-state index < -0.39 is 0 Å². The molecule has 3 rings (SSSR count). The molecular formula is C17H20ClN3O. The quantitative estimate of drug-likeness (QED) is 0.848. The van der Waals surface area contributed by atoms with E-state index in [4.69, 9.17) is 11.6 Å². The predicted octanol–water partition coefficient (Wildman–Crippen LogP) is 3.33. The number of nitrogens with zero attached hydrogens (tertiary/aromatic N) is 3. The minimum absolute atomic E-state index is 0.245. The predicted molar refractivity (Wildman–Crippen MR) is 86.9 cm³/mol. The molecule has 1 aliphatic heterocycles. The second-order valence-electron chi connectivity index (χ2n) is 5.75. The van der Waals surface area contributed by atoms with Crippen molar-refractivity contribution in [3.63, 3.8) is 0 Å². The van der Waals surface area contributed by atoms with Crippen LogP contribution in [-0.4, -0.2) is 33.4 Å². The van der Waals surface area contributed by atoms with E-state index in [0.29, 0.717) is 12.3 Å². The van der Waals surface area contributed by atoms with Crippen LogP contribution in [0.15, 0.2) is 43.0 Å². The minimum Gasteiger partial charge on any atom is -0.342 e. The molecule has 4 nitrogen and oxygen atoms in total. The molecule has 5 heteroatoms. The first-order valence-electron chi connectivity index (χ1n) is 7.72. The zero-order valence-corrected chi connectivity index (χ0v) is 13.2. The SMILES string of the molecule is O=C(CCCn1ccnc1)N1CC[C@@H](c2ccccc2Cl)C1. The van der Waals surface area contributed by atoms with Crippen molar-refractivity contribution in [1.29, 1.82) is 0 Å². The molecule has 0 unspecified atom stereocenters. The van der Waals surface area contributed by atoms with Gasteiger partial charge in [0.05, 0.1) is 6.33 Å². The molecule has 116 valence electrons. The van der Waals surface area contributed by atoms with Gasteiger partial charge >= 0.3 is 0 Å². The number of hydrogen-bond donors (Lipinski definition) is 0. The van der Waals surface area contributed by atoms with Gasteiger partial charge in [-0.25, -0.2) is 4.98 Å². The highest BCUT2D eigenvalue weighted by molar-refractivity contribution is 6.31. The molecule has 1 aliphatic rings. The Kier molecular flexibility index (Phi) is 4.78. The maximum atomic E-state index is 12.3. The molecule has 1 saturated heterocycles. The number of imidazole rings is 1. The standard InChI is InChI=1S/C17H20ClN3O/c18-16-5-2-1-4-15(16)14-7-10-21(12-14)17(22)6-3-9-20-11-8-19-13-20/h1-2,4-5,8,11,13-14H,3,6-7,9-10,12H2/t14-/m1/s1. The minimum atomic E-state index is 0.245. The van der Waals surface area contributed by atoms with Gasteiger partial charge in [-0.3, -0.25) is 4.79 Å². The number of rotatable bonds is 5. The summed E-state index contributed by atoms with van der Waals surface area (Å²) in [7, 11) is 0. The Morgan fingerprint density at radius 1 is 1.36 bits per heavy atom. The van der Waals surface area contributed by atoms with Crippen LogP contribution in [-0.2, 0) is 11.3 Å². The molecule has 1 amide bonds. The number of likely N-dealkylation sites (tertiary alicyclic amines) is 1. The first-order chi connectivity index (χ1) is 10.7. The van der Waals surface area contributed by atoms with Crippen molar-refractivity contribution in [3.05, 3.63) is 53.6 Å². The highest BCUT2D eigenvalue weighted by atomic mass is 35.5. The fraction of sp³-hybridized carbons (Fsp3) is 0.412. The van der Waals surface area contributed by atoms with Crippen LogP contribution < -0.4 is 0 Å². The van der Waals surface area contributed by atoms with Gasteiger partial charge in [-0.2, -0.15) is 0 Å². The molecule has 1 aromatic heterocycles. The molecule has 1 atom stereocenters. The molecule has 0 spiro atoms. The van der Waals surface area contributed by atoms with E-state index in [-0.39, 0.29) is 5.91 Å². The van der Waals surface area contributed by atoms with Crippen molar-refractivity contribution < 1.29 is 4.79 Å². The summed E-state index contributed by atoms with van der Waals surface area (Å²) in [5.74, 6) is 0.612. The van der Waals surface area contributed by atoms with Crippen molar-refractivity contribution in [1.82, 2.24) is 14.5 Å². The summed E-state index contributed by atoms with van der Waals surface area (Å²) in [5.41, 5.74) is 1.16. The summed E-state index contributed by atoms with van der Waals surface area (Å²) >= 11 is 6.26. The molecular weight excluding hydrogens is 298 g/mol. The molecule has 0 saturated carbocycles. The van der Waals surface area contributed by atoms with Crippen LogP contribution in [0.4, 0.5) is 0 Å². The lowest BCUT2D eigenvalue weighted by atomic mass is 9.98. The van der Waals surface area contributed by atoms with Crippen LogP contribution in [0.3, 0.4) is 0 Å². The number of carbonyl (C=O) groups excluding carboxylic acids is 1. The second-order valence-corrected chi connectivity index (χ2v) is 6.16. The fourth-order valence-electron chi connectivity index (χ4n) is 3.04. The molecule has 1 aromatic carbocycles. The van der Waals surface area contributed by atoms with Gasteiger partial charge in [0.25, 0.3) is 0 Å². The Bertz CT molecular complexity index is 627. The lowest BCUT2D eigenvalue weighted by Gasteiger charge is -2.17. The molecule has 2 heterocycles. The first-order valence-corrected chi connectivity index (χ1v) is 8.10. The van der Waals surface area contributed by atoms with E-state index in [2.05, 4.69) is 11.1 Å². The van der Waals surface area contributed by atoms with Gasteiger partial charge in [0.1, 0.15) is 0 Å². The Labute approximate surface area is 135 Å². The third-order valence-electron chi connectivity index (χ3n) is 4.25. The van der Waals surface area contributed by atoms with Gasteiger partial charge in [-0.05, 0) is 24.5 Å². The van der Waals surface area contributed by atoms with E-state index in [1.807, 2.05) is 33.9 Å². The Hall–Kier alpha value is -1.81. The van der Waals surface area contributed by atoms with Crippen molar-refractivity contribution in [3.8, 4) is 0 Å². The molecule has 22 heavy (non-hydrogen) atoms. The average Bonchev–Trinajstić information content (AvgIpc) is 3.19. The van der Waals surface area contributed by atoms with Crippen molar-refractivity contribution in [2.24, 2.45) is 0 Å². The molecule has 0 radical (unpaired) electrons. The maximum absolute atomic E-state index is 12.3. The highest BCUT2D eigenvalue weighted by Crippen LogP contribution is 2.32. The Morgan fingerprint density at radius 3 is 3.00 bits per heavy atom. The zero-order chi connectivity index (χ0) is 15.4.